The Morgan fingerprint density at radius 2 is 1.93 bits per heavy atom. The lowest BCUT2D eigenvalue weighted by Crippen LogP contribution is -2.18. The lowest BCUT2D eigenvalue weighted by molar-refractivity contribution is 0.174. The van der Waals surface area contributed by atoms with Gasteiger partial charge in [-0.3, -0.25) is 0 Å². The van der Waals surface area contributed by atoms with Crippen LogP contribution in [0.5, 0.6) is 11.5 Å². The molecule has 0 saturated carbocycles. The highest BCUT2D eigenvalue weighted by molar-refractivity contribution is 9.10. The van der Waals surface area contributed by atoms with Gasteiger partial charge in [0.05, 0.1) is 5.69 Å². The van der Waals surface area contributed by atoms with Crippen molar-refractivity contribution in [1.29, 1.82) is 0 Å². The molecule has 4 aromatic rings. The molecule has 8 nitrogen and oxygen atoms in total. The number of hydrogen-bond acceptors (Lipinski definition) is 6. The highest BCUT2D eigenvalue weighted by Gasteiger charge is 2.25. The van der Waals surface area contributed by atoms with Crippen molar-refractivity contribution >= 4 is 42.7 Å². The number of hydrogen-bond donors (Lipinski definition) is 1. The molecule has 0 atom stereocenters. The van der Waals surface area contributed by atoms with Gasteiger partial charge >= 0.3 is 0 Å². The first-order valence-corrected chi connectivity index (χ1v) is 11.3. The number of anilines is 1. The first kappa shape index (κ1) is 19.0. The lowest BCUT2D eigenvalue weighted by Gasteiger charge is -2.12. The Balaban J connectivity index is 1.59. The van der Waals surface area contributed by atoms with Crippen LogP contribution in [-0.4, -0.2) is 24.9 Å². The Bertz CT molecular complexity index is 1380. The van der Waals surface area contributed by atoms with Crippen LogP contribution >= 0.6 is 15.9 Å². The quantitative estimate of drug-likeness (QED) is 0.449. The van der Waals surface area contributed by atoms with Crippen molar-refractivity contribution < 1.29 is 22.4 Å². The molecule has 5 rings (SSSR count). The Kier molecular flexibility index (Phi) is 4.48. The number of aryl methyl sites for hydroxylation is 1. The summed E-state index contributed by atoms with van der Waals surface area (Å²) in [6.07, 6.45) is 0. The zero-order chi connectivity index (χ0) is 20.9. The fraction of sp³-hybridized carbons (Fsp3) is 0.150. The third-order valence-corrected chi connectivity index (χ3v) is 7.12. The number of rotatable bonds is 5. The predicted molar refractivity (Wildman–Crippen MR) is 113 cm³/mol. The highest BCUT2D eigenvalue weighted by atomic mass is 79.9. The van der Waals surface area contributed by atoms with Crippen LogP contribution in [0.2, 0.25) is 0 Å². The number of nitrogens with zero attached hydrogens (tertiary/aromatic N) is 2. The molecular weight excluding hydrogens is 474 g/mol. The molecule has 10 heteroatoms. The molecule has 154 valence electrons. The van der Waals surface area contributed by atoms with E-state index in [1.165, 1.54) is 0 Å². The van der Waals surface area contributed by atoms with Crippen molar-refractivity contribution in [3.63, 3.8) is 0 Å². The number of nitrogens with one attached hydrogen (secondary N) is 1. The number of benzene rings is 2. The number of fused-ring (bicyclic) bond motifs is 2. The van der Waals surface area contributed by atoms with Gasteiger partial charge in [-0.05, 0) is 52.7 Å². The monoisotopic (exact) mass is 489 g/mol. The summed E-state index contributed by atoms with van der Waals surface area (Å²) in [6.45, 7) is 2.22. The van der Waals surface area contributed by atoms with E-state index in [1.807, 2.05) is 42.5 Å². The molecular formula is C20H16BrN3O5S. The maximum absolute atomic E-state index is 13.2. The average Bonchev–Trinajstić information content (AvgIpc) is 3.42. The number of para-hydroxylation sites is 1. The van der Waals surface area contributed by atoms with E-state index in [-0.39, 0.29) is 17.7 Å². The van der Waals surface area contributed by atoms with Crippen LogP contribution in [0.3, 0.4) is 0 Å². The standard InChI is InChI=1S/C20H16BrN3O5S/c1-12-19(21)20(29-22-12)23-30(25,26)18-9-14-4-2-3-5-15(14)24(18)10-13-6-7-16-17(8-13)28-11-27-16/h2-9,23H,10-11H2,1H3. The molecule has 30 heavy (non-hydrogen) atoms. The second-order valence-corrected chi connectivity index (χ2v) is 9.25. The molecule has 1 N–H and O–H groups in total. The van der Waals surface area contributed by atoms with Gasteiger partial charge in [-0.25, -0.2) is 4.72 Å². The van der Waals surface area contributed by atoms with Crippen LogP contribution in [0.4, 0.5) is 5.88 Å². The lowest BCUT2D eigenvalue weighted by atomic mass is 10.2. The molecule has 0 fully saturated rings. The maximum atomic E-state index is 13.2. The minimum absolute atomic E-state index is 0.0346. The van der Waals surface area contributed by atoms with Gasteiger partial charge in [0.15, 0.2) is 16.5 Å². The van der Waals surface area contributed by atoms with Crippen molar-refractivity contribution in [1.82, 2.24) is 9.72 Å². The molecule has 3 heterocycles. The Morgan fingerprint density at radius 3 is 2.73 bits per heavy atom. The molecule has 0 unspecified atom stereocenters. The van der Waals surface area contributed by atoms with E-state index in [1.54, 1.807) is 17.6 Å². The zero-order valence-electron chi connectivity index (χ0n) is 15.8. The van der Waals surface area contributed by atoms with Crippen molar-refractivity contribution in [2.24, 2.45) is 0 Å². The van der Waals surface area contributed by atoms with Gasteiger partial charge in [-0.1, -0.05) is 29.4 Å². The summed E-state index contributed by atoms with van der Waals surface area (Å²) in [6, 6.07) is 14.7. The summed E-state index contributed by atoms with van der Waals surface area (Å²) in [7, 11) is -3.95. The smallest absolute Gasteiger partial charge is 0.279 e. The summed E-state index contributed by atoms with van der Waals surface area (Å²) in [5.41, 5.74) is 2.23. The maximum Gasteiger partial charge on any atom is 0.279 e. The number of halogens is 1. The molecule has 1 aliphatic rings. The Hall–Kier alpha value is -2.98. The topological polar surface area (TPSA) is 95.6 Å². The van der Waals surface area contributed by atoms with Gasteiger partial charge in [0, 0.05) is 17.4 Å². The third kappa shape index (κ3) is 3.21. The minimum Gasteiger partial charge on any atom is -0.454 e. The van der Waals surface area contributed by atoms with Crippen LogP contribution in [0.1, 0.15) is 11.3 Å². The van der Waals surface area contributed by atoms with Crippen molar-refractivity contribution in [2.45, 2.75) is 18.5 Å². The summed E-state index contributed by atoms with van der Waals surface area (Å²) in [5, 5.41) is 4.70. The summed E-state index contributed by atoms with van der Waals surface area (Å²) in [4.78, 5) is 0. The van der Waals surface area contributed by atoms with E-state index in [2.05, 4.69) is 25.8 Å². The van der Waals surface area contributed by atoms with Gasteiger partial charge in [0.2, 0.25) is 6.79 Å². The first-order chi connectivity index (χ1) is 14.4. The second-order valence-electron chi connectivity index (χ2n) is 6.83. The second kappa shape index (κ2) is 7.06. The number of ether oxygens (including phenoxy) is 2. The van der Waals surface area contributed by atoms with E-state index in [0.29, 0.717) is 28.2 Å². The number of sulfonamides is 1. The van der Waals surface area contributed by atoms with E-state index in [9.17, 15) is 8.42 Å². The molecule has 2 aromatic heterocycles. The van der Waals surface area contributed by atoms with Gasteiger partial charge in [0.1, 0.15) is 4.47 Å². The molecule has 1 aliphatic heterocycles. The summed E-state index contributed by atoms with van der Waals surface area (Å²) < 4.78 is 47.1. The summed E-state index contributed by atoms with van der Waals surface area (Å²) in [5.74, 6) is 1.36. The van der Waals surface area contributed by atoms with Crippen LogP contribution in [0, 0.1) is 6.92 Å². The molecule has 0 spiro atoms. The van der Waals surface area contributed by atoms with Gasteiger partial charge < -0.3 is 18.6 Å². The van der Waals surface area contributed by atoms with Gasteiger partial charge in [-0.2, -0.15) is 8.42 Å². The van der Waals surface area contributed by atoms with E-state index in [4.69, 9.17) is 14.0 Å². The molecule has 0 bridgehead atoms. The normalized spacial score (nSPS) is 13.1. The minimum atomic E-state index is -3.95. The van der Waals surface area contributed by atoms with Crippen molar-refractivity contribution in [3.05, 3.63) is 64.3 Å². The average molecular weight is 490 g/mol. The van der Waals surface area contributed by atoms with E-state index < -0.39 is 10.0 Å². The van der Waals surface area contributed by atoms with Crippen molar-refractivity contribution in [2.75, 3.05) is 11.5 Å². The molecule has 0 aliphatic carbocycles. The molecule has 2 aromatic carbocycles. The van der Waals surface area contributed by atoms with Gasteiger partial charge in [-0.15, -0.1) is 0 Å². The fourth-order valence-corrected chi connectivity index (χ4v) is 4.99. The van der Waals surface area contributed by atoms with Gasteiger partial charge in [0.25, 0.3) is 15.9 Å². The fourth-order valence-electron chi connectivity index (χ4n) is 3.39. The van der Waals surface area contributed by atoms with E-state index in [0.717, 1.165) is 16.5 Å². The first-order valence-electron chi connectivity index (χ1n) is 9.04. The molecule has 0 amide bonds. The largest absolute Gasteiger partial charge is 0.454 e. The van der Waals surface area contributed by atoms with Crippen LogP contribution in [-0.2, 0) is 16.6 Å². The van der Waals surface area contributed by atoms with Crippen LogP contribution in [0.25, 0.3) is 10.9 Å². The predicted octanol–water partition coefficient (Wildman–Crippen LogP) is 4.28. The molecule has 0 radical (unpaired) electrons. The van der Waals surface area contributed by atoms with E-state index >= 15 is 0 Å². The highest BCUT2D eigenvalue weighted by Crippen LogP contribution is 2.34. The van der Waals surface area contributed by atoms with Crippen LogP contribution in [0.15, 0.2) is 62.6 Å². The number of aromatic nitrogens is 2. The van der Waals surface area contributed by atoms with Crippen molar-refractivity contribution in [3.8, 4) is 11.5 Å². The Morgan fingerprint density at radius 1 is 1.13 bits per heavy atom. The van der Waals surface area contributed by atoms with Crippen LogP contribution < -0.4 is 14.2 Å². The zero-order valence-corrected chi connectivity index (χ0v) is 18.2. The Labute approximate surface area is 180 Å². The SMILES string of the molecule is Cc1noc(NS(=O)(=O)c2cc3ccccc3n2Cc2ccc3c(c2)OCO3)c1Br. The third-order valence-electron chi connectivity index (χ3n) is 4.84. The molecule has 0 saturated heterocycles. The summed E-state index contributed by atoms with van der Waals surface area (Å²) >= 11 is 3.30.